The van der Waals surface area contributed by atoms with Crippen molar-refractivity contribution in [2.75, 3.05) is 7.11 Å². The summed E-state index contributed by atoms with van der Waals surface area (Å²) in [6.07, 6.45) is 4.69. The zero-order valence-corrected chi connectivity index (χ0v) is 17.9. The molecule has 158 valence electrons. The summed E-state index contributed by atoms with van der Waals surface area (Å²) < 4.78 is 4.99. The first-order valence-electron chi connectivity index (χ1n) is 10.3. The van der Waals surface area contributed by atoms with Crippen molar-refractivity contribution >= 4 is 29.4 Å². The van der Waals surface area contributed by atoms with E-state index in [4.69, 9.17) is 16.3 Å². The molecule has 4 unspecified atom stereocenters. The molecule has 1 saturated heterocycles. The van der Waals surface area contributed by atoms with Crippen molar-refractivity contribution in [2.24, 2.45) is 11.8 Å². The summed E-state index contributed by atoms with van der Waals surface area (Å²) in [5.41, 5.74) is 0.328. The number of likely N-dealkylation sites (tertiary alicyclic amines) is 1. The van der Waals surface area contributed by atoms with Gasteiger partial charge in [-0.15, -0.1) is 0 Å². The van der Waals surface area contributed by atoms with E-state index in [9.17, 15) is 14.4 Å². The van der Waals surface area contributed by atoms with Gasteiger partial charge in [0.15, 0.2) is 0 Å². The SMILES string of the molecule is COC(=O)C1CC2CCCCC2N1C(=O)C(NC(=O)c1ccccc1Cl)C(C)C. The maximum atomic E-state index is 13.6. The number of hydrogen-bond donors (Lipinski definition) is 1. The van der Waals surface area contributed by atoms with Crippen LogP contribution in [-0.2, 0) is 14.3 Å². The molecule has 1 aromatic carbocycles. The molecule has 0 radical (unpaired) electrons. The van der Waals surface area contributed by atoms with Gasteiger partial charge >= 0.3 is 5.97 Å². The molecule has 2 aliphatic rings. The summed E-state index contributed by atoms with van der Waals surface area (Å²) in [6, 6.07) is 5.45. The highest BCUT2D eigenvalue weighted by Gasteiger charge is 2.49. The zero-order chi connectivity index (χ0) is 21.1. The summed E-state index contributed by atoms with van der Waals surface area (Å²) in [5.74, 6) is -0.826. The smallest absolute Gasteiger partial charge is 0.328 e. The number of carbonyl (C=O) groups excluding carboxylic acids is 3. The minimum atomic E-state index is -0.744. The number of carbonyl (C=O) groups is 3. The Kier molecular flexibility index (Phi) is 6.83. The first-order valence-corrected chi connectivity index (χ1v) is 10.7. The van der Waals surface area contributed by atoms with Crippen LogP contribution in [0.1, 0.15) is 56.3 Å². The number of ether oxygens (including phenoxy) is 1. The van der Waals surface area contributed by atoms with Crippen LogP contribution >= 0.6 is 11.6 Å². The second kappa shape index (κ2) is 9.16. The average molecular weight is 421 g/mol. The lowest BCUT2D eigenvalue weighted by Crippen LogP contribution is -2.56. The van der Waals surface area contributed by atoms with Crippen LogP contribution in [0, 0.1) is 11.8 Å². The van der Waals surface area contributed by atoms with Crippen molar-refractivity contribution in [2.45, 2.75) is 64.1 Å². The van der Waals surface area contributed by atoms with E-state index in [1.54, 1.807) is 29.2 Å². The number of benzene rings is 1. The molecule has 0 spiro atoms. The number of nitrogens with one attached hydrogen (secondary N) is 1. The highest BCUT2D eigenvalue weighted by Crippen LogP contribution is 2.40. The van der Waals surface area contributed by atoms with Gasteiger partial charge in [0.05, 0.1) is 17.7 Å². The minimum Gasteiger partial charge on any atom is -0.467 e. The number of halogens is 1. The van der Waals surface area contributed by atoms with E-state index in [0.717, 1.165) is 25.7 Å². The molecule has 6 nitrogen and oxygen atoms in total. The topological polar surface area (TPSA) is 75.7 Å². The Labute approximate surface area is 176 Å². The molecule has 1 heterocycles. The third-order valence-electron chi connectivity index (χ3n) is 6.15. The van der Waals surface area contributed by atoms with Crippen LogP contribution < -0.4 is 5.32 Å². The van der Waals surface area contributed by atoms with Gasteiger partial charge in [0.25, 0.3) is 5.91 Å². The molecule has 0 aromatic heterocycles. The van der Waals surface area contributed by atoms with Crippen molar-refractivity contribution < 1.29 is 19.1 Å². The van der Waals surface area contributed by atoms with Gasteiger partial charge in [-0.25, -0.2) is 4.79 Å². The summed E-state index contributed by atoms with van der Waals surface area (Å²) in [7, 11) is 1.35. The van der Waals surface area contributed by atoms with Gasteiger partial charge in [-0.2, -0.15) is 0 Å². The maximum Gasteiger partial charge on any atom is 0.328 e. The van der Waals surface area contributed by atoms with E-state index in [1.165, 1.54) is 7.11 Å². The van der Waals surface area contributed by atoms with Crippen LogP contribution in [0.15, 0.2) is 24.3 Å². The first-order chi connectivity index (χ1) is 13.8. The summed E-state index contributed by atoms with van der Waals surface area (Å²) >= 11 is 6.15. The fourth-order valence-corrected chi connectivity index (χ4v) is 4.88. The quantitative estimate of drug-likeness (QED) is 0.740. The second-order valence-electron chi connectivity index (χ2n) is 8.31. The molecule has 1 saturated carbocycles. The number of hydrogen-bond acceptors (Lipinski definition) is 4. The standard InChI is InChI=1S/C22H29ClN2O4/c1-13(2)19(24-20(26)15-9-5-6-10-16(15)23)21(27)25-17-11-7-4-8-14(17)12-18(25)22(28)29-3/h5-6,9-10,13-14,17-19H,4,7-8,11-12H2,1-3H3,(H,24,26). The van der Waals surface area contributed by atoms with Gasteiger partial charge in [0.2, 0.25) is 5.91 Å². The van der Waals surface area contributed by atoms with Crippen molar-refractivity contribution in [3.8, 4) is 0 Å². The monoisotopic (exact) mass is 420 g/mol. The van der Waals surface area contributed by atoms with Gasteiger partial charge in [0.1, 0.15) is 12.1 Å². The lowest BCUT2D eigenvalue weighted by Gasteiger charge is -2.36. The Morgan fingerprint density at radius 3 is 2.52 bits per heavy atom. The van der Waals surface area contributed by atoms with E-state index in [0.29, 0.717) is 22.9 Å². The predicted molar refractivity (Wildman–Crippen MR) is 111 cm³/mol. The molecule has 1 aromatic rings. The van der Waals surface area contributed by atoms with Crippen LogP contribution in [0.5, 0.6) is 0 Å². The van der Waals surface area contributed by atoms with Crippen LogP contribution in [0.3, 0.4) is 0 Å². The zero-order valence-electron chi connectivity index (χ0n) is 17.2. The van der Waals surface area contributed by atoms with E-state index < -0.39 is 18.0 Å². The largest absolute Gasteiger partial charge is 0.467 e. The predicted octanol–water partition coefficient (Wildman–Crippen LogP) is 3.43. The molecule has 29 heavy (non-hydrogen) atoms. The lowest BCUT2D eigenvalue weighted by atomic mass is 9.84. The number of esters is 1. The third-order valence-corrected chi connectivity index (χ3v) is 6.48. The molecule has 2 fully saturated rings. The molecular formula is C22H29ClN2O4. The van der Waals surface area contributed by atoms with Crippen LogP contribution in [-0.4, -0.2) is 47.9 Å². The van der Waals surface area contributed by atoms with Crippen molar-refractivity contribution in [1.29, 1.82) is 0 Å². The molecule has 1 aliphatic heterocycles. The molecule has 3 rings (SSSR count). The average Bonchev–Trinajstić information content (AvgIpc) is 3.10. The molecule has 4 atom stereocenters. The van der Waals surface area contributed by atoms with E-state index in [-0.39, 0.29) is 23.8 Å². The summed E-state index contributed by atoms with van der Waals surface area (Å²) in [6.45, 7) is 3.77. The van der Waals surface area contributed by atoms with Crippen LogP contribution in [0.25, 0.3) is 0 Å². The van der Waals surface area contributed by atoms with Crippen LogP contribution in [0.4, 0.5) is 0 Å². The first kappa shape index (κ1) is 21.6. The highest BCUT2D eigenvalue weighted by atomic mass is 35.5. The molecular weight excluding hydrogens is 392 g/mol. The molecule has 0 bridgehead atoms. The van der Waals surface area contributed by atoms with Crippen molar-refractivity contribution in [1.82, 2.24) is 10.2 Å². The van der Waals surface area contributed by atoms with E-state index in [1.807, 2.05) is 13.8 Å². The van der Waals surface area contributed by atoms with Gasteiger partial charge in [0, 0.05) is 6.04 Å². The Bertz CT molecular complexity index is 782. The van der Waals surface area contributed by atoms with E-state index in [2.05, 4.69) is 5.32 Å². The molecule has 7 heteroatoms. The number of rotatable bonds is 5. The number of nitrogens with zero attached hydrogens (tertiary/aromatic N) is 1. The van der Waals surface area contributed by atoms with Gasteiger partial charge < -0.3 is 15.0 Å². The summed E-state index contributed by atoms with van der Waals surface area (Å²) in [5, 5.41) is 3.19. The van der Waals surface area contributed by atoms with Crippen molar-refractivity contribution in [3.63, 3.8) is 0 Å². The maximum absolute atomic E-state index is 13.6. The Balaban J connectivity index is 1.85. The van der Waals surface area contributed by atoms with Crippen LogP contribution in [0.2, 0.25) is 5.02 Å². The second-order valence-corrected chi connectivity index (χ2v) is 8.71. The number of methoxy groups -OCH3 is 1. The molecule has 1 aliphatic carbocycles. The van der Waals surface area contributed by atoms with Gasteiger partial charge in [-0.05, 0) is 43.2 Å². The lowest BCUT2D eigenvalue weighted by molar-refractivity contribution is -0.153. The number of amides is 2. The van der Waals surface area contributed by atoms with Crippen molar-refractivity contribution in [3.05, 3.63) is 34.9 Å². The molecule has 1 N–H and O–H groups in total. The van der Waals surface area contributed by atoms with Gasteiger partial charge in [-0.1, -0.05) is 50.4 Å². The normalized spacial score (nSPS) is 24.7. The minimum absolute atomic E-state index is 0.0267. The fraction of sp³-hybridized carbons (Fsp3) is 0.591. The molecule has 2 amide bonds. The Hall–Kier alpha value is -2.08. The number of fused-ring (bicyclic) bond motifs is 1. The fourth-order valence-electron chi connectivity index (χ4n) is 4.66. The van der Waals surface area contributed by atoms with E-state index >= 15 is 0 Å². The van der Waals surface area contributed by atoms with Gasteiger partial charge in [-0.3, -0.25) is 9.59 Å². The Morgan fingerprint density at radius 2 is 1.86 bits per heavy atom. The highest BCUT2D eigenvalue weighted by molar-refractivity contribution is 6.33. The summed E-state index contributed by atoms with van der Waals surface area (Å²) in [4.78, 5) is 40.5. The Morgan fingerprint density at radius 1 is 1.17 bits per heavy atom. The third kappa shape index (κ3) is 4.42.